The summed E-state index contributed by atoms with van der Waals surface area (Å²) in [7, 11) is 5.42. The van der Waals surface area contributed by atoms with E-state index in [1.54, 1.807) is 14.2 Å². The topological polar surface area (TPSA) is 63.9 Å². The zero-order chi connectivity index (χ0) is 21.3. The molecule has 0 fully saturated rings. The van der Waals surface area contributed by atoms with E-state index in [4.69, 9.17) is 9.47 Å². The number of ether oxygens (including phenoxy) is 2. The molecule has 0 aliphatic rings. The summed E-state index contributed by atoms with van der Waals surface area (Å²) in [6.07, 6.45) is 3.85. The van der Waals surface area contributed by atoms with Crippen molar-refractivity contribution in [1.29, 1.82) is 0 Å². The van der Waals surface area contributed by atoms with Gasteiger partial charge in [0, 0.05) is 32.4 Å². The molecule has 0 bridgehead atoms. The van der Waals surface area contributed by atoms with Gasteiger partial charge in [-0.3, -0.25) is 4.99 Å². The van der Waals surface area contributed by atoms with Crippen molar-refractivity contribution in [3.8, 4) is 17.2 Å². The highest BCUT2D eigenvalue weighted by Crippen LogP contribution is 2.26. The fourth-order valence-corrected chi connectivity index (χ4v) is 3.11. The lowest BCUT2D eigenvalue weighted by Crippen LogP contribution is -2.42. The maximum absolute atomic E-state index is 6.01. The first kappa shape index (κ1) is 21.2. The number of guanidine groups is 1. The number of aromatic nitrogens is 2. The van der Waals surface area contributed by atoms with Crippen LogP contribution in [0.3, 0.4) is 0 Å². The molecule has 0 saturated carbocycles. The standard InChI is InChI=1S/C23H29N5O2/c1-18(30-22-13-9-8-12-21(22)29-4)14-25-23(24-2)27(3)16-19-15-26-28(17-19)20-10-6-5-7-11-20/h5-13,15,17-18H,14,16H2,1-4H3,(H,24,25). The largest absolute Gasteiger partial charge is 0.493 e. The first-order valence-corrected chi connectivity index (χ1v) is 9.91. The quantitative estimate of drug-likeness (QED) is 0.458. The molecular formula is C23H29N5O2. The van der Waals surface area contributed by atoms with Crippen molar-refractivity contribution in [3.63, 3.8) is 0 Å². The van der Waals surface area contributed by atoms with Gasteiger partial charge in [0.1, 0.15) is 6.10 Å². The van der Waals surface area contributed by atoms with E-state index in [-0.39, 0.29) is 6.10 Å². The van der Waals surface area contributed by atoms with Crippen LogP contribution in [-0.2, 0) is 6.54 Å². The second-order valence-electron chi connectivity index (χ2n) is 6.99. The van der Waals surface area contributed by atoms with E-state index in [0.29, 0.717) is 13.1 Å². The van der Waals surface area contributed by atoms with Gasteiger partial charge in [-0.15, -0.1) is 0 Å². The van der Waals surface area contributed by atoms with Crippen molar-refractivity contribution in [2.75, 3.05) is 27.7 Å². The number of benzene rings is 2. The summed E-state index contributed by atoms with van der Waals surface area (Å²) in [6.45, 7) is 3.31. The van der Waals surface area contributed by atoms with Gasteiger partial charge in [-0.25, -0.2) is 4.68 Å². The highest BCUT2D eigenvalue weighted by Gasteiger charge is 2.12. The van der Waals surface area contributed by atoms with Gasteiger partial charge in [-0.2, -0.15) is 5.10 Å². The van der Waals surface area contributed by atoms with Crippen molar-refractivity contribution >= 4 is 5.96 Å². The maximum Gasteiger partial charge on any atom is 0.193 e. The number of para-hydroxylation sites is 3. The Morgan fingerprint density at radius 2 is 1.83 bits per heavy atom. The van der Waals surface area contributed by atoms with E-state index in [1.807, 2.05) is 85.6 Å². The third kappa shape index (κ3) is 5.53. The summed E-state index contributed by atoms with van der Waals surface area (Å²) < 4.78 is 13.2. The highest BCUT2D eigenvalue weighted by atomic mass is 16.5. The molecule has 0 amide bonds. The number of nitrogens with zero attached hydrogens (tertiary/aromatic N) is 4. The molecular weight excluding hydrogens is 378 g/mol. The molecule has 1 atom stereocenters. The monoisotopic (exact) mass is 407 g/mol. The van der Waals surface area contributed by atoms with Crippen LogP contribution in [0.2, 0.25) is 0 Å². The van der Waals surface area contributed by atoms with Crippen molar-refractivity contribution < 1.29 is 9.47 Å². The molecule has 158 valence electrons. The molecule has 3 aromatic rings. The van der Waals surface area contributed by atoms with Gasteiger partial charge in [0.2, 0.25) is 0 Å². The minimum Gasteiger partial charge on any atom is -0.493 e. The Morgan fingerprint density at radius 3 is 2.53 bits per heavy atom. The fraction of sp³-hybridized carbons (Fsp3) is 0.304. The van der Waals surface area contributed by atoms with Crippen LogP contribution < -0.4 is 14.8 Å². The first-order chi connectivity index (χ1) is 14.6. The van der Waals surface area contributed by atoms with Crippen molar-refractivity contribution in [1.82, 2.24) is 20.0 Å². The molecule has 1 N–H and O–H groups in total. The normalized spacial score (nSPS) is 12.3. The molecule has 1 heterocycles. The van der Waals surface area contributed by atoms with Crippen LogP contribution in [0.4, 0.5) is 0 Å². The number of methoxy groups -OCH3 is 1. The predicted octanol–water partition coefficient (Wildman–Crippen LogP) is 3.36. The summed E-state index contributed by atoms with van der Waals surface area (Å²) in [4.78, 5) is 6.44. The van der Waals surface area contributed by atoms with Crippen LogP contribution in [-0.4, -0.2) is 54.5 Å². The van der Waals surface area contributed by atoms with E-state index in [9.17, 15) is 0 Å². The SMILES string of the molecule is CN=C(NCC(C)Oc1ccccc1OC)N(C)Cc1cnn(-c2ccccc2)c1. The van der Waals surface area contributed by atoms with Crippen LogP contribution in [0, 0.1) is 0 Å². The molecule has 1 unspecified atom stereocenters. The van der Waals surface area contributed by atoms with Crippen molar-refractivity contribution in [3.05, 3.63) is 72.6 Å². The van der Waals surface area contributed by atoms with Gasteiger partial charge in [0.15, 0.2) is 17.5 Å². The Morgan fingerprint density at radius 1 is 1.13 bits per heavy atom. The Kier molecular flexibility index (Phi) is 7.32. The maximum atomic E-state index is 6.01. The molecule has 0 radical (unpaired) electrons. The predicted molar refractivity (Wildman–Crippen MR) is 119 cm³/mol. The molecule has 7 nitrogen and oxygen atoms in total. The summed E-state index contributed by atoms with van der Waals surface area (Å²) >= 11 is 0. The van der Waals surface area contributed by atoms with Gasteiger partial charge >= 0.3 is 0 Å². The number of nitrogens with one attached hydrogen (secondary N) is 1. The summed E-state index contributed by atoms with van der Waals surface area (Å²) in [5.41, 5.74) is 2.14. The number of hydrogen-bond donors (Lipinski definition) is 1. The third-order valence-electron chi connectivity index (χ3n) is 4.59. The molecule has 0 saturated heterocycles. The second kappa shape index (κ2) is 10.3. The number of rotatable bonds is 8. The summed E-state index contributed by atoms with van der Waals surface area (Å²) in [5, 5.41) is 7.83. The fourth-order valence-electron chi connectivity index (χ4n) is 3.11. The zero-order valence-electron chi connectivity index (χ0n) is 17.9. The van der Waals surface area contributed by atoms with Gasteiger partial charge in [-0.1, -0.05) is 30.3 Å². The van der Waals surface area contributed by atoms with Crippen LogP contribution >= 0.6 is 0 Å². The minimum atomic E-state index is -0.0627. The zero-order valence-corrected chi connectivity index (χ0v) is 17.9. The molecule has 3 rings (SSSR count). The number of hydrogen-bond acceptors (Lipinski definition) is 4. The van der Waals surface area contributed by atoms with E-state index >= 15 is 0 Å². The number of aliphatic imine (C=N–C) groups is 1. The molecule has 2 aromatic carbocycles. The lowest BCUT2D eigenvalue weighted by molar-refractivity contribution is 0.212. The Balaban J connectivity index is 1.54. The van der Waals surface area contributed by atoms with Gasteiger partial charge in [0.25, 0.3) is 0 Å². The Bertz CT molecular complexity index is 955. The summed E-state index contributed by atoms with van der Waals surface area (Å²) in [6, 6.07) is 17.7. The average Bonchev–Trinajstić information content (AvgIpc) is 3.23. The van der Waals surface area contributed by atoms with E-state index in [0.717, 1.165) is 28.7 Å². The molecule has 0 aliphatic heterocycles. The molecule has 7 heteroatoms. The lowest BCUT2D eigenvalue weighted by atomic mass is 10.3. The van der Waals surface area contributed by atoms with Crippen molar-refractivity contribution in [2.45, 2.75) is 19.6 Å². The second-order valence-corrected chi connectivity index (χ2v) is 6.99. The Labute approximate surface area is 178 Å². The third-order valence-corrected chi connectivity index (χ3v) is 4.59. The smallest absolute Gasteiger partial charge is 0.193 e. The van der Waals surface area contributed by atoms with Crippen LogP contribution in [0.1, 0.15) is 12.5 Å². The van der Waals surface area contributed by atoms with Crippen LogP contribution in [0.25, 0.3) is 5.69 Å². The molecule has 1 aromatic heterocycles. The van der Waals surface area contributed by atoms with Gasteiger partial charge < -0.3 is 19.7 Å². The van der Waals surface area contributed by atoms with E-state index in [2.05, 4.69) is 20.3 Å². The molecule has 30 heavy (non-hydrogen) atoms. The van der Waals surface area contributed by atoms with E-state index in [1.165, 1.54) is 0 Å². The van der Waals surface area contributed by atoms with Crippen LogP contribution in [0.5, 0.6) is 11.5 Å². The average molecular weight is 408 g/mol. The molecule has 0 spiro atoms. The lowest BCUT2D eigenvalue weighted by Gasteiger charge is -2.23. The molecule has 0 aliphatic carbocycles. The highest BCUT2D eigenvalue weighted by molar-refractivity contribution is 5.79. The van der Waals surface area contributed by atoms with Gasteiger partial charge in [0.05, 0.1) is 25.5 Å². The summed E-state index contributed by atoms with van der Waals surface area (Å²) in [5.74, 6) is 2.24. The van der Waals surface area contributed by atoms with E-state index < -0.39 is 0 Å². The van der Waals surface area contributed by atoms with Crippen molar-refractivity contribution in [2.24, 2.45) is 4.99 Å². The minimum absolute atomic E-state index is 0.0627. The first-order valence-electron chi connectivity index (χ1n) is 9.91. The van der Waals surface area contributed by atoms with Crippen LogP contribution in [0.15, 0.2) is 72.0 Å². The Hall–Kier alpha value is -3.48. The van der Waals surface area contributed by atoms with Gasteiger partial charge in [-0.05, 0) is 31.2 Å².